The maximum atomic E-state index is 13.7. The fraction of sp³-hybridized carbons (Fsp3) is 0.778. The summed E-state index contributed by atoms with van der Waals surface area (Å²) in [6.07, 6.45) is -2.92. The highest BCUT2D eigenvalue weighted by Crippen LogP contribution is 2.35. The minimum absolute atomic E-state index is 0.0359. The van der Waals surface area contributed by atoms with Crippen LogP contribution in [0.3, 0.4) is 0 Å². The van der Waals surface area contributed by atoms with Crippen LogP contribution in [0.2, 0.25) is 0 Å². The molecule has 0 aromatic carbocycles. The van der Waals surface area contributed by atoms with Gasteiger partial charge >= 0.3 is 6.18 Å². The lowest BCUT2D eigenvalue weighted by Gasteiger charge is -2.41. The molecule has 27 heavy (non-hydrogen) atoms. The van der Waals surface area contributed by atoms with Gasteiger partial charge in [-0.05, 0) is 12.3 Å². The molecule has 1 atom stereocenters. The molecule has 1 fully saturated rings. The van der Waals surface area contributed by atoms with Crippen molar-refractivity contribution in [2.75, 3.05) is 42.6 Å². The number of alkyl halides is 3. The van der Waals surface area contributed by atoms with Crippen molar-refractivity contribution in [2.45, 2.75) is 51.9 Å². The molecule has 0 unspecified atom stereocenters. The Labute approximate surface area is 156 Å². The number of rotatable bonds is 5. The minimum Gasteiger partial charge on any atom is -0.378 e. The molecule has 1 aromatic heterocycles. The van der Waals surface area contributed by atoms with Crippen molar-refractivity contribution < 1.29 is 17.9 Å². The van der Waals surface area contributed by atoms with E-state index in [1.807, 2.05) is 18.7 Å². The van der Waals surface area contributed by atoms with E-state index >= 15 is 0 Å². The molecular weight excluding hydrogens is 361 g/mol. The number of halogens is 3. The van der Waals surface area contributed by atoms with Crippen LogP contribution in [0.4, 0.5) is 24.9 Å². The molecular formula is C18H27F3N4O2. The lowest BCUT2D eigenvalue weighted by atomic mass is 10.0. The van der Waals surface area contributed by atoms with Gasteiger partial charge in [0, 0.05) is 32.2 Å². The van der Waals surface area contributed by atoms with Gasteiger partial charge in [0.15, 0.2) is 0 Å². The van der Waals surface area contributed by atoms with Crippen molar-refractivity contribution in [3.05, 3.63) is 16.4 Å². The van der Waals surface area contributed by atoms with Gasteiger partial charge in [0.1, 0.15) is 11.9 Å². The maximum Gasteiger partial charge on any atom is 0.408 e. The molecule has 0 spiro atoms. The molecule has 2 aliphatic rings. The molecule has 1 aromatic rings. The van der Waals surface area contributed by atoms with Gasteiger partial charge in [0.25, 0.3) is 5.56 Å². The molecule has 1 saturated heterocycles. The Bertz CT molecular complexity index is 697. The predicted octanol–water partition coefficient (Wildman–Crippen LogP) is 2.66. The Morgan fingerprint density at radius 1 is 1.22 bits per heavy atom. The van der Waals surface area contributed by atoms with Gasteiger partial charge in [-0.3, -0.25) is 9.36 Å². The Kier molecular flexibility index (Phi) is 5.98. The highest BCUT2D eigenvalue weighted by Gasteiger charge is 2.47. The van der Waals surface area contributed by atoms with E-state index in [-0.39, 0.29) is 36.9 Å². The van der Waals surface area contributed by atoms with E-state index in [4.69, 9.17) is 4.74 Å². The third-order valence-electron chi connectivity index (χ3n) is 5.56. The fourth-order valence-corrected chi connectivity index (χ4v) is 3.79. The van der Waals surface area contributed by atoms with Crippen molar-refractivity contribution in [1.82, 2.24) is 9.55 Å². The number of hydrogen-bond donors (Lipinski definition) is 0. The second-order valence-electron chi connectivity index (χ2n) is 7.18. The van der Waals surface area contributed by atoms with Crippen LogP contribution < -0.4 is 15.4 Å². The molecule has 152 valence electrons. The molecule has 3 rings (SSSR count). The first-order chi connectivity index (χ1) is 12.8. The average Bonchev–Trinajstić information content (AvgIpc) is 2.65. The van der Waals surface area contributed by atoms with Crippen LogP contribution in [0, 0.1) is 5.92 Å². The quantitative estimate of drug-likeness (QED) is 0.776. The van der Waals surface area contributed by atoms with Crippen LogP contribution in [0.1, 0.15) is 33.1 Å². The molecule has 0 saturated carbocycles. The van der Waals surface area contributed by atoms with Gasteiger partial charge < -0.3 is 14.5 Å². The Balaban J connectivity index is 2.02. The van der Waals surface area contributed by atoms with Crippen molar-refractivity contribution in [3.63, 3.8) is 0 Å². The molecule has 2 aliphatic heterocycles. The van der Waals surface area contributed by atoms with E-state index in [1.54, 1.807) is 0 Å². The summed E-state index contributed by atoms with van der Waals surface area (Å²) in [5.74, 6) is 0.696. The van der Waals surface area contributed by atoms with Crippen LogP contribution in [0.15, 0.2) is 10.9 Å². The summed E-state index contributed by atoms with van der Waals surface area (Å²) in [6.45, 7) is 6.42. The molecule has 0 aliphatic carbocycles. The number of ether oxygens (including phenoxy) is 1. The summed E-state index contributed by atoms with van der Waals surface area (Å²) >= 11 is 0. The van der Waals surface area contributed by atoms with E-state index < -0.39 is 12.2 Å². The number of nitrogens with zero attached hydrogens (tertiary/aromatic N) is 4. The van der Waals surface area contributed by atoms with E-state index in [0.29, 0.717) is 32.1 Å². The lowest BCUT2D eigenvalue weighted by Crippen LogP contribution is -2.54. The zero-order chi connectivity index (χ0) is 19.6. The third-order valence-corrected chi connectivity index (χ3v) is 5.56. The van der Waals surface area contributed by atoms with E-state index in [1.165, 1.54) is 15.5 Å². The molecule has 9 heteroatoms. The Morgan fingerprint density at radius 2 is 1.89 bits per heavy atom. The topological polar surface area (TPSA) is 50.6 Å². The largest absolute Gasteiger partial charge is 0.408 e. The van der Waals surface area contributed by atoms with Crippen molar-refractivity contribution in [2.24, 2.45) is 5.92 Å². The summed E-state index contributed by atoms with van der Waals surface area (Å²) in [5.41, 5.74) is -0.295. The molecule has 3 heterocycles. The Hall–Kier alpha value is -1.77. The van der Waals surface area contributed by atoms with E-state index in [9.17, 15) is 18.0 Å². The average molecular weight is 388 g/mol. The molecule has 0 bridgehead atoms. The Morgan fingerprint density at radius 3 is 2.48 bits per heavy atom. The standard InChI is InChI=1S/C18H27F3N4O2/c1-3-13(4-2)12-25-14(18(19,20)21)5-6-24-16(26)11-15(22-17(24)25)23-7-9-27-10-8-23/h11,13-14H,3-10,12H2,1-2H3/t14-/m0/s1. The first kappa shape index (κ1) is 20.0. The summed E-state index contributed by atoms with van der Waals surface area (Å²) in [7, 11) is 0. The second kappa shape index (κ2) is 8.08. The summed E-state index contributed by atoms with van der Waals surface area (Å²) in [6, 6.07) is -0.178. The summed E-state index contributed by atoms with van der Waals surface area (Å²) < 4.78 is 47.8. The van der Waals surface area contributed by atoms with Gasteiger partial charge in [-0.2, -0.15) is 18.2 Å². The van der Waals surface area contributed by atoms with Crippen LogP contribution in [-0.2, 0) is 11.3 Å². The third kappa shape index (κ3) is 4.23. The van der Waals surface area contributed by atoms with Crippen molar-refractivity contribution >= 4 is 11.8 Å². The van der Waals surface area contributed by atoms with Crippen LogP contribution in [-0.4, -0.2) is 54.6 Å². The van der Waals surface area contributed by atoms with Crippen LogP contribution in [0.5, 0.6) is 0 Å². The molecule has 0 N–H and O–H groups in total. The summed E-state index contributed by atoms with van der Waals surface area (Å²) in [5, 5.41) is 0. The highest BCUT2D eigenvalue weighted by molar-refractivity contribution is 5.47. The monoisotopic (exact) mass is 388 g/mol. The molecule has 0 radical (unpaired) electrons. The maximum absolute atomic E-state index is 13.7. The zero-order valence-electron chi connectivity index (χ0n) is 15.8. The summed E-state index contributed by atoms with van der Waals surface area (Å²) in [4.78, 5) is 20.3. The SMILES string of the molecule is CCC(CC)CN1c2nc(N3CCOCC3)cc(=O)n2CC[C@H]1C(F)(F)F. The smallest absolute Gasteiger partial charge is 0.378 e. The minimum atomic E-state index is -4.36. The number of aromatic nitrogens is 2. The molecule has 6 nitrogen and oxygen atoms in total. The van der Waals surface area contributed by atoms with Gasteiger partial charge in [-0.15, -0.1) is 0 Å². The van der Waals surface area contributed by atoms with E-state index in [2.05, 4.69) is 4.98 Å². The number of anilines is 2. The predicted molar refractivity (Wildman–Crippen MR) is 97.4 cm³/mol. The van der Waals surface area contributed by atoms with Gasteiger partial charge in [-0.25, -0.2) is 0 Å². The highest BCUT2D eigenvalue weighted by atomic mass is 19.4. The van der Waals surface area contributed by atoms with Gasteiger partial charge in [0.05, 0.1) is 13.2 Å². The lowest BCUT2D eigenvalue weighted by molar-refractivity contribution is -0.153. The van der Waals surface area contributed by atoms with Crippen LogP contribution in [0.25, 0.3) is 0 Å². The number of fused-ring (bicyclic) bond motifs is 1. The van der Waals surface area contributed by atoms with Gasteiger partial charge in [-0.1, -0.05) is 26.7 Å². The first-order valence-electron chi connectivity index (χ1n) is 9.63. The zero-order valence-corrected chi connectivity index (χ0v) is 15.8. The van der Waals surface area contributed by atoms with Crippen molar-refractivity contribution in [1.29, 1.82) is 0 Å². The van der Waals surface area contributed by atoms with Crippen LogP contribution >= 0.6 is 0 Å². The number of morpholine rings is 1. The van der Waals surface area contributed by atoms with Gasteiger partial charge in [0.2, 0.25) is 5.95 Å². The van der Waals surface area contributed by atoms with Crippen molar-refractivity contribution in [3.8, 4) is 0 Å². The first-order valence-corrected chi connectivity index (χ1v) is 9.63. The second-order valence-corrected chi connectivity index (χ2v) is 7.18. The van der Waals surface area contributed by atoms with E-state index in [0.717, 1.165) is 12.8 Å². The number of hydrogen-bond acceptors (Lipinski definition) is 5. The normalized spacial score (nSPS) is 20.9. The molecule has 0 amide bonds. The fourth-order valence-electron chi connectivity index (χ4n) is 3.79.